The molecule has 1 aromatic carbocycles. The summed E-state index contributed by atoms with van der Waals surface area (Å²) in [5, 5.41) is 6.24. The van der Waals surface area contributed by atoms with E-state index in [1.165, 1.54) is 12.3 Å². The van der Waals surface area contributed by atoms with Gasteiger partial charge in [0.25, 0.3) is 11.8 Å². The van der Waals surface area contributed by atoms with E-state index in [0.717, 1.165) is 5.56 Å². The first-order valence-corrected chi connectivity index (χ1v) is 8.10. The van der Waals surface area contributed by atoms with Crippen molar-refractivity contribution in [1.82, 2.24) is 15.6 Å². The molecule has 2 amide bonds. The molecule has 5 nitrogen and oxygen atoms in total. The van der Waals surface area contributed by atoms with Gasteiger partial charge in [-0.3, -0.25) is 14.6 Å². The number of benzene rings is 1. The summed E-state index contributed by atoms with van der Waals surface area (Å²) in [5.74, 6) is -0.193. The highest BCUT2D eigenvalue weighted by atomic mass is 35.5. The number of pyridine rings is 1. The van der Waals surface area contributed by atoms with Crippen LogP contribution in [0.1, 0.15) is 40.3 Å². The third-order valence-electron chi connectivity index (χ3n) is 3.29. The van der Waals surface area contributed by atoms with E-state index in [4.69, 9.17) is 11.6 Å². The van der Waals surface area contributed by atoms with Gasteiger partial charge in [0.15, 0.2) is 0 Å². The number of carbonyl (C=O) groups excluding carboxylic acids is 2. The maximum Gasteiger partial charge on any atom is 0.269 e. The molecular weight excluding hydrogens is 326 g/mol. The van der Waals surface area contributed by atoms with Crippen molar-refractivity contribution in [2.75, 3.05) is 6.54 Å². The average molecular weight is 346 g/mol. The number of carbonyl (C=O) groups is 2. The van der Waals surface area contributed by atoms with Crippen LogP contribution in [0.3, 0.4) is 0 Å². The minimum absolute atomic E-state index is 0.231. The maximum atomic E-state index is 12.2. The number of amides is 2. The number of aromatic nitrogens is 1. The Labute approximate surface area is 146 Å². The fraction of sp³-hybridized carbons (Fsp3) is 0.278. The highest BCUT2D eigenvalue weighted by Crippen LogP contribution is 2.09. The van der Waals surface area contributed by atoms with Crippen molar-refractivity contribution in [2.24, 2.45) is 5.92 Å². The highest BCUT2D eigenvalue weighted by Gasteiger charge is 2.12. The van der Waals surface area contributed by atoms with Gasteiger partial charge in [-0.1, -0.05) is 37.6 Å². The van der Waals surface area contributed by atoms with Crippen LogP contribution in [-0.4, -0.2) is 23.3 Å². The van der Waals surface area contributed by atoms with E-state index in [9.17, 15) is 9.59 Å². The molecule has 24 heavy (non-hydrogen) atoms. The maximum absolute atomic E-state index is 12.2. The van der Waals surface area contributed by atoms with Gasteiger partial charge in [0.1, 0.15) is 5.69 Å². The van der Waals surface area contributed by atoms with Crippen LogP contribution in [0.2, 0.25) is 5.02 Å². The molecule has 0 aliphatic carbocycles. The molecule has 1 aromatic heterocycles. The standard InChI is InChI=1S/C18H20ClN3O2/c1-12(2)10-21-18(24)16-9-14(7-8-20-16)17(23)22-11-13-3-5-15(19)6-4-13/h3-9,12H,10-11H2,1-2H3,(H,21,24)(H,22,23). The molecule has 0 bridgehead atoms. The Kier molecular flexibility index (Phi) is 6.32. The van der Waals surface area contributed by atoms with Gasteiger partial charge in [-0.05, 0) is 35.7 Å². The van der Waals surface area contributed by atoms with E-state index in [2.05, 4.69) is 15.6 Å². The van der Waals surface area contributed by atoms with Gasteiger partial charge in [0, 0.05) is 29.9 Å². The van der Waals surface area contributed by atoms with Gasteiger partial charge in [0.2, 0.25) is 0 Å². The zero-order chi connectivity index (χ0) is 17.5. The first kappa shape index (κ1) is 17.9. The van der Waals surface area contributed by atoms with E-state index in [-0.39, 0.29) is 17.5 Å². The van der Waals surface area contributed by atoms with Crippen LogP contribution in [0.25, 0.3) is 0 Å². The lowest BCUT2D eigenvalue weighted by Crippen LogP contribution is -2.29. The van der Waals surface area contributed by atoms with Gasteiger partial charge in [-0.2, -0.15) is 0 Å². The van der Waals surface area contributed by atoms with Crippen molar-refractivity contribution in [3.8, 4) is 0 Å². The van der Waals surface area contributed by atoms with Crippen LogP contribution in [0, 0.1) is 5.92 Å². The fourth-order valence-corrected chi connectivity index (χ4v) is 2.10. The summed E-state index contributed by atoms with van der Waals surface area (Å²) in [4.78, 5) is 28.3. The Hall–Kier alpha value is -2.40. The Morgan fingerprint density at radius 1 is 1.08 bits per heavy atom. The summed E-state index contributed by atoms with van der Waals surface area (Å²) < 4.78 is 0. The number of halogens is 1. The zero-order valence-electron chi connectivity index (χ0n) is 13.7. The minimum atomic E-state index is -0.281. The molecule has 2 aromatic rings. The molecular formula is C18H20ClN3O2. The summed E-state index contributed by atoms with van der Waals surface area (Å²) in [5.41, 5.74) is 1.57. The van der Waals surface area contributed by atoms with Crippen molar-refractivity contribution in [3.63, 3.8) is 0 Å². The predicted octanol–water partition coefficient (Wildman–Crippen LogP) is 3.05. The number of hydrogen-bond acceptors (Lipinski definition) is 3. The number of rotatable bonds is 6. The van der Waals surface area contributed by atoms with Gasteiger partial charge in [-0.25, -0.2) is 0 Å². The Bertz CT molecular complexity index is 714. The highest BCUT2D eigenvalue weighted by molar-refractivity contribution is 6.30. The normalized spacial score (nSPS) is 10.5. The van der Waals surface area contributed by atoms with Gasteiger partial charge < -0.3 is 10.6 Å². The van der Waals surface area contributed by atoms with Crippen molar-refractivity contribution < 1.29 is 9.59 Å². The molecule has 0 aliphatic heterocycles. The van der Waals surface area contributed by atoms with Gasteiger partial charge in [0.05, 0.1) is 0 Å². The molecule has 6 heteroatoms. The van der Waals surface area contributed by atoms with Crippen molar-refractivity contribution in [2.45, 2.75) is 20.4 Å². The molecule has 0 radical (unpaired) electrons. The molecule has 126 valence electrons. The SMILES string of the molecule is CC(C)CNC(=O)c1cc(C(=O)NCc2ccc(Cl)cc2)ccn1. The van der Waals surface area contributed by atoms with Crippen molar-refractivity contribution >= 4 is 23.4 Å². The topological polar surface area (TPSA) is 71.1 Å². The molecule has 2 rings (SSSR count). The lowest BCUT2D eigenvalue weighted by atomic mass is 10.2. The first-order chi connectivity index (χ1) is 11.5. The van der Waals surface area contributed by atoms with Crippen LogP contribution in [0.4, 0.5) is 0 Å². The second kappa shape index (κ2) is 8.45. The van der Waals surface area contributed by atoms with E-state index in [0.29, 0.717) is 29.6 Å². The second-order valence-corrected chi connectivity index (χ2v) is 6.28. The number of nitrogens with one attached hydrogen (secondary N) is 2. The minimum Gasteiger partial charge on any atom is -0.350 e. The summed E-state index contributed by atoms with van der Waals surface area (Å²) in [6.07, 6.45) is 1.46. The van der Waals surface area contributed by atoms with E-state index >= 15 is 0 Å². The summed E-state index contributed by atoms with van der Waals surface area (Å²) in [6.45, 7) is 4.96. The van der Waals surface area contributed by atoms with Crippen LogP contribution in [0.15, 0.2) is 42.6 Å². The monoisotopic (exact) mass is 345 g/mol. The molecule has 1 heterocycles. The molecule has 0 saturated carbocycles. The molecule has 0 aliphatic rings. The van der Waals surface area contributed by atoms with Crippen molar-refractivity contribution in [1.29, 1.82) is 0 Å². The summed E-state index contributed by atoms with van der Waals surface area (Å²) >= 11 is 5.83. The van der Waals surface area contributed by atoms with Crippen LogP contribution in [-0.2, 0) is 6.54 Å². The third-order valence-corrected chi connectivity index (χ3v) is 3.54. The Balaban J connectivity index is 1.98. The molecule has 0 saturated heterocycles. The average Bonchev–Trinajstić information content (AvgIpc) is 2.59. The molecule has 0 fully saturated rings. The third kappa shape index (κ3) is 5.35. The summed E-state index contributed by atoms with van der Waals surface area (Å²) in [6, 6.07) is 10.3. The smallest absolute Gasteiger partial charge is 0.269 e. The number of nitrogens with zero attached hydrogens (tertiary/aromatic N) is 1. The summed E-state index contributed by atoms with van der Waals surface area (Å²) in [7, 11) is 0. The van der Waals surface area contributed by atoms with Crippen LogP contribution < -0.4 is 10.6 Å². The Morgan fingerprint density at radius 3 is 2.46 bits per heavy atom. The van der Waals surface area contributed by atoms with E-state index < -0.39 is 0 Å². The van der Waals surface area contributed by atoms with Crippen LogP contribution >= 0.6 is 11.6 Å². The fourth-order valence-electron chi connectivity index (χ4n) is 1.97. The number of hydrogen-bond donors (Lipinski definition) is 2. The Morgan fingerprint density at radius 2 is 1.79 bits per heavy atom. The van der Waals surface area contributed by atoms with Crippen LogP contribution in [0.5, 0.6) is 0 Å². The molecule has 2 N–H and O–H groups in total. The zero-order valence-corrected chi connectivity index (χ0v) is 14.4. The first-order valence-electron chi connectivity index (χ1n) is 7.72. The second-order valence-electron chi connectivity index (χ2n) is 5.84. The van der Waals surface area contributed by atoms with E-state index in [1.807, 2.05) is 26.0 Å². The molecule has 0 atom stereocenters. The van der Waals surface area contributed by atoms with Crippen molar-refractivity contribution in [3.05, 3.63) is 64.4 Å². The van der Waals surface area contributed by atoms with E-state index in [1.54, 1.807) is 18.2 Å². The molecule has 0 unspecified atom stereocenters. The largest absolute Gasteiger partial charge is 0.350 e. The lowest BCUT2D eigenvalue weighted by Gasteiger charge is -2.09. The predicted molar refractivity (Wildman–Crippen MR) is 94.0 cm³/mol. The van der Waals surface area contributed by atoms with Gasteiger partial charge in [-0.15, -0.1) is 0 Å². The quantitative estimate of drug-likeness (QED) is 0.845. The lowest BCUT2D eigenvalue weighted by molar-refractivity contribution is 0.0944. The molecule has 0 spiro atoms. The van der Waals surface area contributed by atoms with Gasteiger partial charge >= 0.3 is 0 Å².